The van der Waals surface area contributed by atoms with Crippen molar-refractivity contribution in [1.29, 1.82) is 0 Å². The molecule has 1 saturated heterocycles. The van der Waals surface area contributed by atoms with E-state index in [0.717, 1.165) is 41.7 Å². The number of nitrogens with zero attached hydrogens (tertiary/aromatic N) is 1. The molecule has 34 heavy (non-hydrogen) atoms. The monoisotopic (exact) mass is 465 g/mol. The van der Waals surface area contributed by atoms with Crippen molar-refractivity contribution >= 4 is 17.8 Å². The summed E-state index contributed by atoms with van der Waals surface area (Å²) in [6.07, 6.45) is 5.19. The van der Waals surface area contributed by atoms with Crippen LogP contribution in [0.15, 0.2) is 48.5 Å². The van der Waals surface area contributed by atoms with Crippen LogP contribution in [0.1, 0.15) is 49.7 Å². The molecule has 1 saturated carbocycles. The minimum Gasteiger partial charge on any atom is -0.493 e. The molecule has 1 spiro atoms. The molecule has 2 N–H and O–H groups in total. The van der Waals surface area contributed by atoms with Gasteiger partial charge in [-0.25, -0.2) is 4.79 Å². The first-order valence-corrected chi connectivity index (χ1v) is 11.8. The number of amides is 4. The molecular weight excluding hydrogens is 434 g/mol. The van der Waals surface area contributed by atoms with Crippen molar-refractivity contribution < 1.29 is 23.9 Å². The first-order valence-electron chi connectivity index (χ1n) is 11.8. The molecule has 1 heterocycles. The maximum atomic E-state index is 13.0. The minimum absolute atomic E-state index is 0.239. The number of imide groups is 1. The molecule has 180 valence electrons. The van der Waals surface area contributed by atoms with Crippen LogP contribution in [-0.4, -0.2) is 41.9 Å². The molecule has 1 aliphatic heterocycles. The van der Waals surface area contributed by atoms with Crippen molar-refractivity contribution in [3.05, 3.63) is 59.7 Å². The van der Waals surface area contributed by atoms with Crippen LogP contribution >= 0.6 is 0 Å². The average Bonchev–Trinajstić information content (AvgIpc) is 3.01. The van der Waals surface area contributed by atoms with E-state index in [-0.39, 0.29) is 19.0 Å². The molecule has 4 amide bonds. The summed E-state index contributed by atoms with van der Waals surface area (Å²) < 4.78 is 11.3. The molecule has 0 bridgehead atoms. The zero-order chi connectivity index (χ0) is 24.0. The van der Waals surface area contributed by atoms with Crippen LogP contribution in [0.3, 0.4) is 0 Å². The lowest BCUT2D eigenvalue weighted by atomic mass is 9.90. The van der Waals surface area contributed by atoms with E-state index in [2.05, 4.69) is 10.6 Å². The number of methoxy groups -OCH3 is 1. The summed E-state index contributed by atoms with van der Waals surface area (Å²) in [5.74, 6) is 0.496. The molecule has 4 rings (SSSR count). The average molecular weight is 466 g/mol. The third-order valence-corrected chi connectivity index (χ3v) is 6.46. The van der Waals surface area contributed by atoms with Crippen LogP contribution in [0.4, 0.5) is 4.79 Å². The lowest BCUT2D eigenvalue weighted by Crippen LogP contribution is -2.47. The quantitative estimate of drug-likeness (QED) is 0.582. The largest absolute Gasteiger partial charge is 0.493 e. The van der Waals surface area contributed by atoms with Gasteiger partial charge in [0.2, 0.25) is 5.91 Å². The molecule has 0 unspecified atom stereocenters. The van der Waals surface area contributed by atoms with Gasteiger partial charge in [-0.05, 0) is 36.1 Å². The zero-order valence-corrected chi connectivity index (χ0v) is 19.5. The Kier molecular flexibility index (Phi) is 7.35. The number of benzene rings is 2. The number of hydrogen-bond acceptors (Lipinski definition) is 5. The number of carbonyl (C=O) groups excluding carboxylic acids is 3. The van der Waals surface area contributed by atoms with Crippen LogP contribution in [0.5, 0.6) is 11.5 Å². The fraction of sp³-hybridized carbons (Fsp3) is 0.423. The molecule has 8 heteroatoms. The van der Waals surface area contributed by atoms with E-state index in [1.165, 1.54) is 0 Å². The lowest BCUT2D eigenvalue weighted by molar-refractivity contribution is -0.135. The summed E-state index contributed by atoms with van der Waals surface area (Å²) >= 11 is 0. The Hall–Kier alpha value is -3.55. The number of carbonyl (C=O) groups is 3. The van der Waals surface area contributed by atoms with Gasteiger partial charge in [0, 0.05) is 6.54 Å². The highest BCUT2D eigenvalue weighted by molar-refractivity contribution is 6.09. The van der Waals surface area contributed by atoms with Gasteiger partial charge in [-0.15, -0.1) is 0 Å². The predicted molar refractivity (Wildman–Crippen MR) is 126 cm³/mol. The van der Waals surface area contributed by atoms with Crippen LogP contribution in [-0.2, 0) is 22.7 Å². The first kappa shape index (κ1) is 23.6. The number of rotatable bonds is 8. The van der Waals surface area contributed by atoms with Gasteiger partial charge < -0.3 is 20.1 Å². The standard InChI is InChI=1S/C26H31N3O5/c1-33-22-15-20(11-12-21(22)34-18-19-9-5-4-6-10-19)16-27-23(30)17-29-24(31)26(28-25(29)32)13-7-2-3-8-14-26/h4-6,9-12,15H,2-3,7-8,13-14,16-18H2,1H3,(H,27,30)(H,28,32). The van der Waals surface area contributed by atoms with Crippen molar-refractivity contribution in [1.82, 2.24) is 15.5 Å². The maximum Gasteiger partial charge on any atom is 0.325 e. The fourth-order valence-corrected chi connectivity index (χ4v) is 4.57. The van der Waals surface area contributed by atoms with Crippen LogP contribution < -0.4 is 20.1 Å². The van der Waals surface area contributed by atoms with E-state index >= 15 is 0 Å². The minimum atomic E-state index is -0.836. The van der Waals surface area contributed by atoms with E-state index in [1.54, 1.807) is 19.2 Å². The Morgan fingerprint density at radius 1 is 1.00 bits per heavy atom. The Bertz CT molecular complexity index is 1030. The summed E-state index contributed by atoms with van der Waals surface area (Å²) in [6, 6.07) is 14.8. The second-order valence-corrected chi connectivity index (χ2v) is 8.85. The summed E-state index contributed by atoms with van der Waals surface area (Å²) in [4.78, 5) is 39.0. The molecule has 1 aliphatic carbocycles. The van der Waals surface area contributed by atoms with Crippen LogP contribution in [0.2, 0.25) is 0 Å². The molecule has 0 aromatic heterocycles. The number of urea groups is 1. The van der Waals surface area contributed by atoms with E-state index in [0.29, 0.717) is 30.9 Å². The van der Waals surface area contributed by atoms with Gasteiger partial charge >= 0.3 is 6.03 Å². The van der Waals surface area contributed by atoms with Crippen molar-refractivity contribution in [3.8, 4) is 11.5 Å². The van der Waals surface area contributed by atoms with Gasteiger partial charge in [-0.2, -0.15) is 0 Å². The Morgan fingerprint density at radius 2 is 1.74 bits per heavy atom. The summed E-state index contributed by atoms with van der Waals surface area (Å²) in [5.41, 5.74) is 1.03. The van der Waals surface area contributed by atoms with Crippen molar-refractivity contribution in [2.24, 2.45) is 0 Å². The number of hydrogen-bond donors (Lipinski definition) is 2. The van der Waals surface area contributed by atoms with Crippen LogP contribution in [0, 0.1) is 0 Å². The highest BCUT2D eigenvalue weighted by Crippen LogP contribution is 2.32. The summed E-state index contributed by atoms with van der Waals surface area (Å²) in [5, 5.41) is 5.65. The first-order chi connectivity index (χ1) is 16.5. The normalized spacial score (nSPS) is 17.3. The molecule has 8 nitrogen and oxygen atoms in total. The topological polar surface area (TPSA) is 97.0 Å². The highest BCUT2D eigenvalue weighted by atomic mass is 16.5. The number of ether oxygens (including phenoxy) is 2. The van der Waals surface area contributed by atoms with E-state index in [4.69, 9.17) is 9.47 Å². The molecule has 2 aromatic carbocycles. The predicted octanol–water partition coefficient (Wildman–Crippen LogP) is 3.54. The van der Waals surface area contributed by atoms with Gasteiger partial charge in [0.1, 0.15) is 18.7 Å². The van der Waals surface area contributed by atoms with Crippen LogP contribution in [0.25, 0.3) is 0 Å². The van der Waals surface area contributed by atoms with Crippen molar-refractivity contribution in [2.45, 2.75) is 57.2 Å². The van der Waals surface area contributed by atoms with E-state index in [9.17, 15) is 14.4 Å². The lowest BCUT2D eigenvalue weighted by Gasteiger charge is -2.24. The second kappa shape index (κ2) is 10.6. The Morgan fingerprint density at radius 3 is 2.44 bits per heavy atom. The maximum absolute atomic E-state index is 13.0. The van der Waals surface area contributed by atoms with Crippen molar-refractivity contribution in [2.75, 3.05) is 13.7 Å². The third kappa shape index (κ3) is 5.32. The van der Waals surface area contributed by atoms with E-state index in [1.807, 2.05) is 36.4 Å². The number of nitrogens with one attached hydrogen (secondary N) is 2. The van der Waals surface area contributed by atoms with Gasteiger partial charge in [0.25, 0.3) is 5.91 Å². The van der Waals surface area contributed by atoms with Gasteiger partial charge in [0.15, 0.2) is 11.5 Å². The SMILES string of the molecule is COc1cc(CNC(=O)CN2C(=O)NC3(CCCCCC3)C2=O)ccc1OCc1ccccc1. The molecule has 2 aromatic rings. The molecule has 0 atom stereocenters. The summed E-state index contributed by atoms with van der Waals surface area (Å²) in [6.45, 7) is 0.367. The third-order valence-electron chi connectivity index (χ3n) is 6.46. The highest BCUT2D eigenvalue weighted by Gasteiger charge is 2.51. The summed E-state index contributed by atoms with van der Waals surface area (Å²) in [7, 11) is 1.56. The fourth-order valence-electron chi connectivity index (χ4n) is 4.57. The Balaban J connectivity index is 1.32. The van der Waals surface area contributed by atoms with E-state index < -0.39 is 17.5 Å². The molecule has 2 fully saturated rings. The van der Waals surface area contributed by atoms with Crippen molar-refractivity contribution in [3.63, 3.8) is 0 Å². The van der Waals surface area contributed by atoms with Gasteiger partial charge in [-0.1, -0.05) is 62.1 Å². The molecule has 2 aliphatic rings. The molecular formula is C26H31N3O5. The van der Waals surface area contributed by atoms with Gasteiger partial charge in [-0.3, -0.25) is 14.5 Å². The second-order valence-electron chi connectivity index (χ2n) is 8.85. The van der Waals surface area contributed by atoms with Gasteiger partial charge in [0.05, 0.1) is 7.11 Å². The smallest absolute Gasteiger partial charge is 0.325 e. The Labute approximate surface area is 199 Å². The zero-order valence-electron chi connectivity index (χ0n) is 19.5. The molecule has 0 radical (unpaired) electrons.